The molecule has 0 saturated heterocycles. The maximum atomic E-state index is 12.2. The number of rotatable bonds is 7. The molecule has 0 unspecified atom stereocenters. The first-order valence-corrected chi connectivity index (χ1v) is 10.3. The van der Waals surface area contributed by atoms with E-state index in [9.17, 15) is 9.59 Å². The maximum Gasteiger partial charge on any atom is 0.379 e. The number of aryl methyl sites for hydroxylation is 1. The van der Waals surface area contributed by atoms with Crippen molar-refractivity contribution in [2.45, 2.75) is 6.92 Å². The predicted molar refractivity (Wildman–Crippen MR) is 118 cm³/mol. The normalized spacial score (nSPS) is 10.8. The number of nitrogens with one attached hydrogen (secondary N) is 1. The molecule has 7 nitrogen and oxygen atoms in total. The summed E-state index contributed by atoms with van der Waals surface area (Å²) in [4.78, 5) is 24.2. The third kappa shape index (κ3) is 5.80. The molecule has 1 amide bonds. The van der Waals surface area contributed by atoms with Crippen LogP contribution < -0.4 is 14.9 Å². The molecule has 1 N–H and O–H groups in total. The molecule has 0 fully saturated rings. The van der Waals surface area contributed by atoms with E-state index in [-0.39, 0.29) is 18.1 Å². The zero-order valence-electron chi connectivity index (χ0n) is 15.7. The standard InChI is InChI=1S/C21H16Br2N2O5/c1-13-5-2-3-6-17(13)29-12-19(26)25-24-11-14-9-15(22)10-16(23)20(14)30-21(27)18-7-4-8-28-18/h2-11H,12H2,1H3,(H,25,26)/b24-11+. The lowest BCUT2D eigenvalue weighted by atomic mass is 10.2. The monoisotopic (exact) mass is 534 g/mol. The van der Waals surface area contributed by atoms with E-state index >= 15 is 0 Å². The summed E-state index contributed by atoms with van der Waals surface area (Å²) in [6.07, 6.45) is 2.75. The molecule has 0 aliphatic heterocycles. The number of hydrazone groups is 1. The van der Waals surface area contributed by atoms with Gasteiger partial charge in [-0.15, -0.1) is 0 Å². The number of furan rings is 1. The fourth-order valence-corrected chi connectivity index (χ4v) is 3.73. The van der Waals surface area contributed by atoms with Crippen molar-refractivity contribution in [1.29, 1.82) is 0 Å². The number of amides is 1. The molecule has 0 saturated carbocycles. The predicted octanol–water partition coefficient (Wildman–Crippen LogP) is 4.86. The Morgan fingerprint density at radius 2 is 1.97 bits per heavy atom. The van der Waals surface area contributed by atoms with Crippen LogP contribution in [0.3, 0.4) is 0 Å². The Labute approximate surface area is 189 Å². The molecule has 0 spiro atoms. The van der Waals surface area contributed by atoms with Gasteiger partial charge < -0.3 is 13.9 Å². The summed E-state index contributed by atoms with van der Waals surface area (Å²) in [5, 5.41) is 3.93. The second-order valence-corrected chi connectivity index (χ2v) is 7.79. The first kappa shape index (κ1) is 21.8. The summed E-state index contributed by atoms with van der Waals surface area (Å²) in [7, 11) is 0. The number of hydrogen-bond donors (Lipinski definition) is 1. The fraction of sp³-hybridized carbons (Fsp3) is 0.0952. The van der Waals surface area contributed by atoms with E-state index in [0.717, 1.165) is 10.0 Å². The van der Waals surface area contributed by atoms with Gasteiger partial charge in [0, 0.05) is 10.0 Å². The van der Waals surface area contributed by atoms with Crippen LogP contribution in [0.4, 0.5) is 0 Å². The Morgan fingerprint density at radius 3 is 2.70 bits per heavy atom. The number of nitrogens with zero attached hydrogens (tertiary/aromatic N) is 1. The van der Waals surface area contributed by atoms with Crippen LogP contribution in [0.15, 0.2) is 73.3 Å². The highest BCUT2D eigenvalue weighted by Crippen LogP contribution is 2.32. The van der Waals surface area contributed by atoms with Gasteiger partial charge in [0.05, 0.1) is 17.0 Å². The van der Waals surface area contributed by atoms with E-state index in [2.05, 4.69) is 42.4 Å². The Morgan fingerprint density at radius 1 is 1.17 bits per heavy atom. The van der Waals surface area contributed by atoms with Gasteiger partial charge in [-0.3, -0.25) is 4.79 Å². The molecule has 30 heavy (non-hydrogen) atoms. The van der Waals surface area contributed by atoms with Crippen molar-refractivity contribution in [3.8, 4) is 11.5 Å². The molecule has 0 bridgehead atoms. The van der Waals surface area contributed by atoms with Gasteiger partial charge in [0.15, 0.2) is 12.4 Å². The molecule has 3 rings (SSSR count). The van der Waals surface area contributed by atoms with Gasteiger partial charge in [0.25, 0.3) is 5.91 Å². The third-order valence-electron chi connectivity index (χ3n) is 3.80. The summed E-state index contributed by atoms with van der Waals surface area (Å²) in [5.74, 6) is -0.172. The smallest absolute Gasteiger partial charge is 0.379 e. The first-order valence-electron chi connectivity index (χ1n) is 8.69. The molecule has 9 heteroatoms. The molecule has 0 aliphatic rings. The molecule has 3 aromatic rings. The number of carbonyl (C=O) groups excluding carboxylic acids is 2. The minimum Gasteiger partial charge on any atom is -0.483 e. The van der Waals surface area contributed by atoms with Crippen molar-refractivity contribution in [1.82, 2.24) is 5.43 Å². The van der Waals surface area contributed by atoms with Crippen LogP contribution in [0.1, 0.15) is 21.7 Å². The number of para-hydroxylation sites is 1. The highest BCUT2D eigenvalue weighted by molar-refractivity contribution is 9.11. The fourth-order valence-electron chi connectivity index (χ4n) is 2.39. The van der Waals surface area contributed by atoms with Gasteiger partial charge in [-0.05, 0) is 58.7 Å². The van der Waals surface area contributed by atoms with Gasteiger partial charge >= 0.3 is 5.97 Å². The van der Waals surface area contributed by atoms with Gasteiger partial charge in [-0.2, -0.15) is 5.10 Å². The lowest BCUT2D eigenvalue weighted by Crippen LogP contribution is -2.24. The summed E-state index contributed by atoms with van der Waals surface area (Å²) in [5.41, 5.74) is 3.77. The lowest BCUT2D eigenvalue weighted by Gasteiger charge is -2.10. The van der Waals surface area contributed by atoms with Gasteiger partial charge in [-0.25, -0.2) is 10.2 Å². The van der Waals surface area contributed by atoms with Crippen molar-refractivity contribution in [3.05, 3.63) is 80.6 Å². The molecule has 0 atom stereocenters. The largest absolute Gasteiger partial charge is 0.483 e. The SMILES string of the molecule is Cc1ccccc1OCC(=O)N/N=C/c1cc(Br)cc(Br)c1OC(=O)c1ccco1. The molecule has 2 aromatic carbocycles. The van der Waals surface area contributed by atoms with Gasteiger partial charge in [-0.1, -0.05) is 34.1 Å². The first-order chi connectivity index (χ1) is 14.4. The second kappa shape index (κ2) is 10.2. The summed E-state index contributed by atoms with van der Waals surface area (Å²) in [6.45, 7) is 1.70. The second-order valence-electron chi connectivity index (χ2n) is 6.02. The van der Waals surface area contributed by atoms with Crippen LogP contribution in [0.2, 0.25) is 0 Å². The van der Waals surface area contributed by atoms with Crippen LogP contribution in [0.5, 0.6) is 11.5 Å². The average molecular weight is 536 g/mol. The topological polar surface area (TPSA) is 90.1 Å². The van der Waals surface area contributed by atoms with E-state index in [1.807, 2.05) is 25.1 Å². The van der Waals surface area contributed by atoms with Crippen LogP contribution >= 0.6 is 31.9 Å². The van der Waals surface area contributed by atoms with Crippen molar-refractivity contribution in [2.24, 2.45) is 5.10 Å². The molecule has 154 valence electrons. The summed E-state index contributed by atoms with van der Waals surface area (Å²) < 4.78 is 17.2. The van der Waals surface area contributed by atoms with Crippen molar-refractivity contribution in [3.63, 3.8) is 0 Å². The number of hydrogen-bond acceptors (Lipinski definition) is 6. The molecule has 0 aliphatic carbocycles. The number of esters is 1. The quantitative estimate of drug-likeness (QED) is 0.202. The highest BCUT2D eigenvalue weighted by atomic mass is 79.9. The average Bonchev–Trinajstić information content (AvgIpc) is 3.25. The van der Waals surface area contributed by atoms with E-state index in [0.29, 0.717) is 15.8 Å². The van der Waals surface area contributed by atoms with E-state index < -0.39 is 11.9 Å². The minimum atomic E-state index is -0.659. The Bertz CT molecular complexity index is 1080. The molecule has 1 aromatic heterocycles. The summed E-state index contributed by atoms with van der Waals surface area (Å²) in [6, 6.07) is 13.9. The molecule has 1 heterocycles. The van der Waals surface area contributed by atoms with Crippen LogP contribution in [-0.2, 0) is 4.79 Å². The lowest BCUT2D eigenvalue weighted by molar-refractivity contribution is -0.123. The van der Waals surface area contributed by atoms with Crippen molar-refractivity contribution >= 4 is 50.0 Å². The molecular formula is C21H16Br2N2O5. The Hall–Kier alpha value is -2.91. The van der Waals surface area contributed by atoms with Crippen LogP contribution in [0.25, 0.3) is 0 Å². The number of ether oxygens (including phenoxy) is 2. The number of halogens is 2. The number of carbonyl (C=O) groups is 2. The van der Waals surface area contributed by atoms with Gasteiger partial charge in [0.2, 0.25) is 5.76 Å². The minimum absolute atomic E-state index is 0.0642. The third-order valence-corrected chi connectivity index (χ3v) is 4.85. The maximum absolute atomic E-state index is 12.2. The van der Waals surface area contributed by atoms with Crippen LogP contribution in [-0.4, -0.2) is 24.7 Å². The molecular weight excluding hydrogens is 520 g/mol. The Kier molecular flexibility index (Phi) is 7.42. The zero-order chi connectivity index (χ0) is 21.5. The van der Waals surface area contributed by atoms with E-state index in [1.165, 1.54) is 18.5 Å². The van der Waals surface area contributed by atoms with Crippen molar-refractivity contribution in [2.75, 3.05) is 6.61 Å². The van der Waals surface area contributed by atoms with E-state index in [1.54, 1.807) is 24.3 Å². The van der Waals surface area contributed by atoms with Crippen molar-refractivity contribution < 1.29 is 23.5 Å². The zero-order valence-corrected chi connectivity index (χ0v) is 18.9. The van der Waals surface area contributed by atoms with E-state index in [4.69, 9.17) is 13.9 Å². The van der Waals surface area contributed by atoms with Gasteiger partial charge in [0.1, 0.15) is 5.75 Å². The number of benzene rings is 2. The summed E-state index contributed by atoms with van der Waals surface area (Å²) >= 11 is 6.73. The Balaban J connectivity index is 1.66. The highest BCUT2D eigenvalue weighted by Gasteiger charge is 2.17. The van der Waals surface area contributed by atoms with Crippen LogP contribution in [0, 0.1) is 6.92 Å². The molecule has 0 radical (unpaired) electrons.